The van der Waals surface area contributed by atoms with Crippen LogP contribution in [-0.4, -0.2) is 79.6 Å². The van der Waals surface area contributed by atoms with E-state index in [0.717, 1.165) is 24.5 Å². The minimum Gasteiger partial charge on any atom is -0.399 e. The van der Waals surface area contributed by atoms with Crippen molar-refractivity contribution in [1.82, 2.24) is 14.5 Å². The smallest absolute Gasteiger partial charge is 0.243 e. The summed E-state index contributed by atoms with van der Waals surface area (Å²) in [5.74, 6) is -0.218. The summed E-state index contributed by atoms with van der Waals surface area (Å²) in [5, 5.41) is 14.3. The molecule has 2 atom stereocenters. The fourth-order valence-electron chi connectivity index (χ4n) is 4.42. The third kappa shape index (κ3) is 7.04. The SMILES string of the molecule is C[C]1CN(CC(=O)N[C@@H](Cc2ccccc2)[C@H](O)CN(C2CC2)S(=O)(=O)c2ccc(N)cc2)CCO1. The van der Waals surface area contributed by atoms with Crippen LogP contribution in [0.1, 0.15) is 25.3 Å². The summed E-state index contributed by atoms with van der Waals surface area (Å²) >= 11 is 0. The van der Waals surface area contributed by atoms with Gasteiger partial charge in [-0.3, -0.25) is 9.69 Å². The number of benzene rings is 2. The summed E-state index contributed by atoms with van der Waals surface area (Å²) in [5.41, 5.74) is 7.15. The number of anilines is 1. The second kappa shape index (κ2) is 11.7. The molecule has 1 saturated heterocycles. The molecule has 1 radical (unpaired) electrons. The highest BCUT2D eigenvalue weighted by molar-refractivity contribution is 7.89. The number of aliphatic hydroxyl groups is 1. The van der Waals surface area contributed by atoms with Crippen molar-refractivity contribution in [3.8, 4) is 0 Å². The van der Waals surface area contributed by atoms with Crippen LogP contribution < -0.4 is 11.1 Å². The van der Waals surface area contributed by atoms with Crippen molar-refractivity contribution < 1.29 is 23.1 Å². The molecular weight excluding hydrogens is 480 g/mol. The Labute approximate surface area is 213 Å². The number of nitrogens with zero attached hydrogens (tertiary/aromatic N) is 2. The van der Waals surface area contributed by atoms with E-state index in [1.54, 1.807) is 12.1 Å². The van der Waals surface area contributed by atoms with E-state index in [1.165, 1.54) is 16.4 Å². The molecule has 195 valence electrons. The number of nitrogens with one attached hydrogen (secondary N) is 1. The molecular formula is C26H35N4O5S. The lowest BCUT2D eigenvalue weighted by Gasteiger charge is -2.32. The molecule has 0 aromatic heterocycles. The molecule has 1 aliphatic carbocycles. The number of carbonyl (C=O) groups is 1. The minimum absolute atomic E-state index is 0.112. The first-order valence-electron chi connectivity index (χ1n) is 12.3. The number of sulfonamides is 1. The van der Waals surface area contributed by atoms with Crippen LogP contribution in [-0.2, 0) is 26.0 Å². The molecule has 9 nitrogen and oxygen atoms in total. The highest BCUT2D eigenvalue weighted by atomic mass is 32.2. The number of carbonyl (C=O) groups excluding carboxylic acids is 1. The number of hydrogen-bond acceptors (Lipinski definition) is 7. The van der Waals surface area contributed by atoms with E-state index in [9.17, 15) is 18.3 Å². The Bertz CT molecular complexity index is 1110. The number of nitrogens with two attached hydrogens (primary N) is 1. The van der Waals surface area contributed by atoms with Crippen molar-refractivity contribution >= 4 is 21.6 Å². The number of nitrogen functional groups attached to an aromatic ring is 1. The second-order valence-corrected chi connectivity index (χ2v) is 11.5. The molecule has 36 heavy (non-hydrogen) atoms. The summed E-state index contributed by atoms with van der Waals surface area (Å²) in [6.07, 6.45) is 1.62. The van der Waals surface area contributed by atoms with Gasteiger partial charge in [-0.15, -0.1) is 0 Å². The summed E-state index contributed by atoms with van der Waals surface area (Å²) in [6, 6.07) is 14.8. The number of amides is 1. The standard InChI is InChI=1S/C26H35N4O5S/c1-19-16-29(13-14-35-19)18-26(32)28-24(15-20-5-3-2-4-6-20)25(31)17-30(22-9-10-22)36(33,34)23-11-7-21(27)8-12-23/h2-8,11-12,22,24-25,31H,9-10,13-18,27H2,1H3,(H,28,32)/t24-,25+/m0/s1. The first-order valence-corrected chi connectivity index (χ1v) is 13.7. The second-order valence-electron chi connectivity index (χ2n) is 9.57. The van der Waals surface area contributed by atoms with E-state index in [2.05, 4.69) is 5.32 Å². The Morgan fingerprint density at radius 1 is 1.19 bits per heavy atom. The fourth-order valence-corrected chi connectivity index (χ4v) is 6.13. The van der Waals surface area contributed by atoms with Crippen molar-refractivity contribution in [3.63, 3.8) is 0 Å². The fraction of sp³-hybridized carbons (Fsp3) is 0.462. The van der Waals surface area contributed by atoms with Crippen LogP contribution in [0.25, 0.3) is 0 Å². The molecule has 2 aromatic carbocycles. The summed E-state index contributed by atoms with van der Waals surface area (Å²) < 4.78 is 33.7. The molecule has 1 aliphatic heterocycles. The Hall–Kier alpha value is -2.50. The monoisotopic (exact) mass is 515 g/mol. The molecule has 10 heteroatoms. The summed E-state index contributed by atoms with van der Waals surface area (Å²) in [7, 11) is -3.83. The molecule has 2 aromatic rings. The largest absolute Gasteiger partial charge is 0.399 e. The highest BCUT2D eigenvalue weighted by Crippen LogP contribution is 2.32. The van der Waals surface area contributed by atoms with Gasteiger partial charge < -0.3 is 20.9 Å². The Morgan fingerprint density at radius 3 is 2.53 bits per heavy atom. The summed E-state index contributed by atoms with van der Waals surface area (Å²) in [4.78, 5) is 15.1. The predicted octanol–water partition coefficient (Wildman–Crippen LogP) is 1.39. The van der Waals surface area contributed by atoms with Crippen LogP contribution in [0, 0.1) is 6.10 Å². The molecule has 1 saturated carbocycles. The quantitative estimate of drug-likeness (QED) is 0.386. The van der Waals surface area contributed by atoms with E-state index >= 15 is 0 Å². The van der Waals surface area contributed by atoms with Crippen LogP contribution in [0.3, 0.4) is 0 Å². The summed E-state index contributed by atoms with van der Waals surface area (Å²) in [6.45, 7) is 3.71. The lowest BCUT2D eigenvalue weighted by atomic mass is 10.0. The topological polar surface area (TPSA) is 125 Å². The van der Waals surface area contributed by atoms with Gasteiger partial charge in [0.15, 0.2) is 0 Å². The Balaban J connectivity index is 1.49. The zero-order chi connectivity index (χ0) is 25.7. The van der Waals surface area contributed by atoms with E-state index in [1.807, 2.05) is 42.2 Å². The predicted molar refractivity (Wildman–Crippen MR) is 137 cm³/mol. The maximum Gasteiger partial charge on any atom is 0.243 e. The minimum atomic E-state index is -3.83. The third-order valence-corrected chi connectivity index (χ3v) is 8.42. The zero-order valence-corrected chi connectivity index (χ0v) is 21.4. The van der Waals surface area contributed by atoms with E-state index < -0.39 is 22.2 Å². The van der Waals surface area contributed by atoms with Gasteiger partial charge in [0, 0.05) is 31.4 Å². The van der Waals surface area contributed by atoms with Crippen LogP contribution in [0.15, 0.2) is 59.5 Å². The van der Waals surface area contributed by atoms with Crippen LogP contribution in [0.2, 0.25) is 0 Å². The first-order chi connectivity index (χ1) is 17.2. The first kappa shape index (κ1) is 26.6. The zero-order valence-electron chi connectivity index (χ0n) is 20.5. The van der Waals surface area contributed by atoms with Gasteiger partial charge in [-0.1, -0.05) is 30.3 Å². The van der Waals surface area contributed by atoms with Gasteiger partial charge in [-0.05, 0) is 56.0 Å². The van der Waals surface area contributed by atoms with Crippen molar-refractivity contribution in [1.29, 1.82) is 0 Å². The third-order valence-electron chi connectivity index (χ3n) is 6.49. The van der Waals surface area contributed by atoms with Crippen molar-refractivity contribution in [2.24, 2.45) is 0 Å². The van der Waals surface area contributed by atoms with Crippen LogP contribution >= 0.6 is 0 Å². The maximum absolute atomic E-state index is 13.4. The molecule has 1 amide bonds. The van der Waals surface area contributed by atoms with Crippen LogP contribution in [0.4, 0.5) is 5.69 Å². The average Bonchev–Trinajstić information content (AvgIpc) is 3.68. The number of aliphatic hydroxyl groups excluding tert-OH is 1. The number of ether oxygens (including phenoxy) is 1. The molecule has 0 spiro atoms. The molecule has 1 heterocycles. The Morgan fingerprint density at radius 2 is 1.89 bits per heavy atom. The number of hydrogen-bond donors (Lipinski definition) is 3. The number of rotatable bonds is 11. The molecule has 4 N–H and O–H groups in total. The van der Waals surface area contributed by atoms with Gasteiger partial charge in [-0.25, -0.2) is 8.42 Å². The van der Waals surface area contributed by atoms with E-state index in [4.69, 9.17) is 10.5 Å². The highest BCUT2D eigenvalue weighted by Gasteiger charge is 2.40. The molecule has 0 bridgehead atoms. The normalized spacial score (nSPS) is 19.2. The van der Waals surface area contributed by atoms with Gasteiger partial charge in [0.2, 0.25) is 15.9 Å². The van der Waals surface area contributed by atoms with Gasteiger partial charge in [0.05, 0.1) is 30.2 Å². The Kier molecular flexibility index (Phi) is 8.63. The van der Waals surface area contributed by atoms with Crippen LogP contribution in [0.5, 0.6) is 0 Å². The lowest BCUT2D eigenvalue weighted by molar-refractivity contribution is -0.124. The van der Waals surface area contributed by atoms with Gasteiger partial charge in [0.25, 0.3) is 0 Å². The average molecular weight is 516 g/mol. The van der Waals surface area contributed by atoms with Crippen molar-refractivity contribution in [3.05, 3.63) is 66.3 Å². The molecule has 2 aliphatic rings. The molecule has 2 fully saturated rings. The van der Waals surface area contributed by atoms with Gasteiger partial charge >= 0.3 is 0 Å². The lowest BCUT2D eigenvalue weighted by Crippen LogP contribution is -2.53. The van der Waals surface area contributed by atoms with Gasteiger partial charge in [0.1, 0.15) is 6.10 Å². The molecule has 0 unspecified atom stereocenters. The number of morpholine rings is 1. The molecule has 4 rings (SSSR count). The van der Waals surface area contributed by atoms with Crippen molar-refractivity contribution in [2.45, 2.75) is 49.3 Å². The van der Waals surface area contributed by atoms with Crippen molar-refractivity contribution in [2.75, 3.05) is 38.5 Å². The van der Waals surface area contributed by atoms with Gasteiger partial charge in [-0.2, -0.15) is 4.31 Å². The maximum atomic E-state index is 13.4. The van der Waals surface area contributed by atoms with E-state index in [-0.39, 0.29) is 29.9 Å². The van der Waals surface area contributed by atoms with E-state index in [0.29, 0.717) is 31.8 Å².